The number of nitrogens with zero attached hydrogens (tertiary/aromatic N) is 1. The summed E-state index contributed by atoms with van der Waals surface area (Å²) < 4.78 is 0. The summed E-state index contributed by atoms with van der Waals surface area (Å²) >= 11 is 0. The molecule has 4 heteroatoms. The van der Waals surface area contributed by atoms with Gasteiger partial charge in [0.25, 0.3) is 0 Å². The van der Waals surface area contributed by atoms with Crippen LogP contribution in [0.5, 0.6) is 0 Å². The molecular formula is C9H13NO3. The van der Waals surface area contributed by atoms with E-state index in [1.165, 1.54) is 6.92 Å². The molecule has 1 N–H and O–H groups in total. The first-order valence-corrected chi connectivity index (χ1v) is 4.61. The summed E-state index contributed by atoms with van der Waals surface area (Å²) in [6.07, 6.45) is 3.18. The van der Waals surface area contributed by atoms with Gasteiger partial charge < -0.3 is 10.0 Å². The van der Waals surface area contributed by atoms with Gasteiger partial charge in [-0.3, -0.25) is 4.79 Å². The van der Waals surface area contributed by atoms with Crippen LogP contribution >= 0.6 is 0 Å². The monoisotopic (exact) mass is 183 g/mol. The smallest absolute Gasteiger partial charge is 0.329 e. The van der Waals surface area contributed by atoms with E-state index in [1.807, 2.05) is 0 Å². The molecule has 0 aliphatic heterocycles. The van der Waals surface area contributed by atoms with Gasteiger partial charge in [-0.15, -0.1) is 0 Å². The SMILES string of the molecule is CC(=O)N(C1CC1)C1(C(=O)O)CC1. The zero-order chi connectivity index (χ0) is 9.64. The molecule has 0 aromatic heterocycles. The Labute approximate surface area is 76.5 Å². The molecule has 4 nitrogen and oxygen atoms in total. The van der Waals surface area contributed by atoms with Crippen molar-refractivity contribution in [2.75, 3.05) is 0 Å². The summed E-state index contributed by atoms with van der Waals surface area (Å²) in [4.78, 5) is 23.8. The Morgan fingerprint density at radius 2 is 1.92 bits per heavy atom. The summed E-state index contributed by atoms with van der Waals surface area (Å²) in [5.74, 6) is -0.933. The Morgan fingerprint density at radius 3 is 2.15 bits per heavy atom. The largest absolute Gasteiger partial charge is 0.479 e. The van der Waals surface area contributed by atoms with Crippen molar-refractivity contribution in [3.05, 3.63) is 0 Å². The maximum Gasteiger partial charge on any atom is 0.329 e. The van der Waals surface area contributed by atoms with Gasteiger partial charge in [-0.1, -0.05) is 0 Å². The fourth-order valence-electron chi connectivity index (χ4n) is 1.92. The van der Waals surface area contributed by atoms with Gasteiger partial charge in [-0.2, -0.15) is 0 Å². The number of hydrogen-bond acceptors (Lipinski definition) is 2. The lowest BCUT2D eigenvalue weighted by molar-refractivity contribution is -0.152. The Morgan fingerprint density at radius 1 is 1.38 bits per heavy atom. The van der Waals surface area contributed by atoms with Gasteiger partial charge in [0.1, 0.15) is 5.54 Å². The third-order valence-corrected chi connectivity index (χ3v) is 2.83. The van der Waals surface area contributed by atoms with Crippen LogP contribution in [0.1, 0.15) is 32.6 Å². The second-order valence-corrected chi connectivity index (χ2v) is 3.96. The van der Waals surface area contributed by atoms with E-state index in [0.717, 1.165) is 12.8 Å². The van der Waals surface area contributed by atoms with Crippen molar-refractivity contribution < 1.29 is 14.7 Å². The molecule has 0 aromatic carbocycles. The van der Waals surface area contributed by atoms with Gasteiger partial charge in [-0.05, 0) is 25.7 Å². The van der Waals surface area contributed by atoms with Gasteiger partial charge in [0.15, 0.2) is 0 Å². The van der Waals surface area contributed by atoms with Gasteiger partial charge in [-0.25, -0.2) is 4.79 Å². The minimum absolute atomic E-state index is 0.0950. The zero-order valence-corrected chi connectivity index (χ0v) is 7.62. The van der Waals surface area contributed by atoms with E-state index in [9.17, 15) is 9.59 Å². The van der Waals surface area contributed by atoms with Crippen molar-refractivity contribution in [2.24, 2.45) is 0 Å². The van der Waals surface area contributed by atoms with Crippen molar-refractivity contribution in [3.63, 3.8) is 0 Å². The topological polar surface area (TPSA) is 57.6 Å². The molecule has 0 saturated heterocycles. The van der Waals surface area contributed by atoms with Crippen LogP contribution in [0.4, 0.5) is 0 Å². The van der Waals surface area contributed by atoms with Crippen LogP contribution in [0.2, 0.25) is 0 Å². The van der Waals surface area contributed by atoms with Crippen molar-refractivity contribution in [2.45, 2.75) is 44.2 Å². The lowest BCUT2D eigenvalue weighted by Gasteiger charge is -2.27. The predicted octanol–water partition coefficient (Wildman–Crippen LogP) is 0.614. The van der Waals surface area contributed by atoms with Crippen LogP contribution in [0, 0.1) is 0 Å². The molecule has 1 amide bonds. The van der Waals surface area contributed by atoms with Crippen molar-refractivity contribution in [1.82, 2.24) is 4.90 Å². The molecule has 0 atom stereocenters. The average molecular weight is 183 g/mol. The molecule has 0 spiro atoms. The highest BCUT2D eigenvalue weighted by molar-refractivity contribution is 5.89. The lowest BCUT2D eigenvalue weighted by atomic mass is 10.2. The van der Waals surface area contributed by atoms with E-state index in [1.54, 1.807) is 4.90 Å². The number of carbonyl (C=O) groups excluding carboxylic acids is 1. The highest BCUT2D eigenvalue weighted by Crippen LogP contribution is 2.47. The number of rotatable bonds is 3. The average Bonchev–Trinajstić information content (AvgIpc) is 2.77. The first kappa shape index (κ1) is 8.53. The third kappa shape index (κ3) is 1.20. The summed E-state index contributed by atoms with van der Waals surface area (Å²) in [5, 5.41) is 9.01. The lowest BCUT2D eigenvalue weighted by Crippen LogP contribution is -2.47. The number of carboxylic acid groups (broad SMARTS) is 1. The van der Waals surface area contributed by atoms with Gasteiger partial charge in [0, 0.05) is 13.0 Å². The van der Waals surface area contributed by atoms with Gasteiger partial charge in [0.2, 0.25) is 5.91 Å². The first-order chi connectivity index (χ1) is 6.08. The molecule has 0 heterocycles. The Kier molecular flexibility index (Phi) is 1.62. The molecule has 0 bridgehead atoms. The maximum absolute atomic E-state index is 11.3. The first-order valence-electron chi connectivity index (χ1n) is 4.61. The quantitative estimate of drug-likeness (QED) is 0.697. The highest BCUT2D eigenvalue weighted by atomic mass is 16.4. The second-order valence-electron chi connectivity index (χ2n) is 3.96. The molecule has 0 aromatic rings. The molecule has 2 aliphatic carbocycles. The highest BCUT2D eigenvalue weighted by Gasteiger charge is 2.59. The predicted molar refractivity (Wildman–Crippen MR) is 45.1 cm³/mol. The molecule has 2 fully saturated rings. The fraction of sp³-hybridized carbons (Fsp3) is 0.778. The van der Waals surface area contributed by atoms with Crippen LogP contribution in [-0.2, 0) is 9.59 Å². The summed E-state index contributed by atoms with van der Waals surface area (Å²) in [7, 11) is 0. The van der Waals surface area contributed by atoms with E-state index in [0.29, 0.717) is 12.8 Å². The Balaban J connectivity index is 2.19. The number of carbonyl (C=O) groups is 2. The fourth-order valence-corrected chi connectivity index (χ4v) is 1.92. The zero-order valence-electron chi connectivity index (χ0n) is 7.62. The molecule has 2 aliphatic rings. The van der Waals surface area contributed by atoms with Crippen LogP contribution in [0.25, 0.3) is 0 Å². The van der Waals surface area contributed by atoms with Crippen molar-refractivity contribution >= 4 is 11.9 Å². The third-order valence-electron chi connectivity index (χ3n) is 2.83. The number of hydrogen-bond donors (Lipinski definition) is 1. The standard InChI is InChI=1S/C9H13NO3/c1-6(11)10(7-2-3-7)9(4-5-9)8(12)13/h7H,2-5H2,1H3,(H,12,13). The number of aliphatic carboxylic acids is 1. The molecule has 13 heavy (non-hydrogen) atoms. The van der Waals surface area contributed by atoms with Crippen molar-refractivity contribution in [3.8, 4) is 0 Å². The minimum atomic E-state index is -0.838. The summed E-state index contributed by atoms with van der Waals surface area (Å²) in [6, 6.07) is 0.205. The Bertz CT molecular complexity index is 266. The van der Waals surface area contributed by atoms with E-state index in [2.05, 4.69) is 0 Å². The van der Waals surface area contributed by atoms with Gasteiger partial charge >= 0.3 is 5.97 Å². The van der Waals surface area contributed by atoms with Crippen LogP contribution in [0.3, 0.4) is 0 Å². The molecular weight excluding hydrogens is 170 g/mol. The van der Waals surface area contributed by atoms with Gasteiger partial charge in [0.05, 0.1) is 0 Å². The van der Waals surface area contributed by atoms with E-state index in [-0.39, 0.29) is 11.9 Å². The van der Waals surface area contributed by atoms with E-state index < -0.39 is 11.5 Å². The molecule has 2 rings (SSSR count). The minimum Gasteiger partial charge on any atom is -0.479 e. The molecule has 2 saturated carbocycles. The Hall–Kier alpha value is -1.06. The maximum atomic E-state index is 11.3. The molecule has 0 unspecified atom stereocenters. The van der Waals surface area contributed by atoms with Crippen LogP contribution in [0.15, 0.2) is 0 Å². The molecule has 72 valence electrons. The van der Waals surface area contributed by atoms with Crippen molar-refractivity contribution in [1.29, 1.82) is 0 Å². The molecule has 0 radical (unpaired) electrons. The summed E-state index contributed by atoms with van der Waals surface area (Å²) in [5.41, 5.74) is -0.826. The number of carboxylic acids is 1. The van der Waals surface area contributed by atoms with E-state index in [4.69, 9.17) is 5.11 Å². The van der Waals surface area contributed by atoms with Crippen LogP contribution < -0.4 is 0 Å². The number of amides is 1. The normalized spacial score (nSPS) is 23.8. The summed E-state index contributed by atoms with van der Waals surface area (Å²) in [6.45, 7) is 1.46. The van der Waals surface area contributed by atoms with E-state index >= 15 is 0 Å². The second kappa shape index (κ2) is 2.47. The van der Waals surface area contributed by atoms with Crippen LogP contribution in [-0.4, -0.2) is 33.5 Å².